The lowest BCUT2D eigenvalue weighted by atomic mass is 10.1. The van der Waals surface area contributed by atoms with Crippen molar-refractivity contribution in [2.75, 3.05) is 0 Å². The summed E-state index contributed by atoms with van der Waals surface area (Å²) in [5.74, 6) is -0.418. The summed E-state index contributed by atoms with van der Waals surface area (Å²) in [6, 6.07) is 17.8. The lowest BCUT2D eigenvalue weighted by Gasteiger charge is -2.07. The predicted molar refractivity (Wildman–Crippen MR) is 118 cm³/mol. The van der Waals surface area contributed by atoms with Crippen LogP contribution in [-0.2, 0) is 0 Å². The second-order valence-electron chi connectivity index (χ2n) is 7.30. The van der Waals surface area contributed by atoms with Crippen molar-refractivity contribution >= 4 is 17.2 Å². The van der Waals surface area contributed by atoms with Gasteiger partial charge in [0.05, 0.1) is 17.5 Å². The first-order valence-corrected chi connectivity index (χ1v) is 9.98. The molecular formula is C25H17N5O2. The molecule has 7 heteroatoms. The van der Waals surface area contributed by atoms with E-state index in [1.807, 2.05) is 31.2 Å². The SMILES string of the molecule is Cc1ccc(C(=O)c2cnn3c(-c4ccnc(C(=O)c5ccccc5)c4)ccnc23)nc1. The lowest BCUT2D eigenvalue weighted by Crippen LogP contribution is -2.06. The van der Waals surface area contributed by atoms with Crippen molar-refractivity contribution in [3.05, 3.63) is 114 Å². The molecule has 0 saturated carbocycles. The number of nitrogens with zero attached hydrogens (tertiary/aromatic N) is 5. The van der Waals surface area contributed by atoms with Crippen LogP contribution < -0.4 is 0 Å². The van der Waals surface area contributed by atoms with Crippen LogP contribution in [0.5, 0.6) is 0 Å². The number of pyridine rings is 2. The average molecular weight is 419 g/mol. The zero-order chi connectivity index (χ0) is 22.1. The highest BCUT2D eigenvalue weighted by Gasteiger charge is 2.19. The summed E-state index contributed by atoms with van der Waals surface area (Å²) in [7, 11) is 0. The number of aryl methyl sites for hydroxylation is 1. The van der Waals surface area contributed by atoms with Gasteiger partial charge in [0.15, 0.2) is 5.65 Å². The van der Waals surface area contributed by atoms with Crippen LogP contribution in [0.25, 0.3) is 16.9 Å². The highest BCUT2D eigenvalue weighted by Crippen LogP contribution is 2.23. The Balaban J connectivity index is 1.55. The molecule has 154 valence electrons. The van der Waals surface area contributed by atoms with Gasteiger partial charge in [0.2, 0.25) is 11.6 Å². The quantitative estimate of drug-likeness (QED) is 0.401. The van der Waals surface area contributed by atoms with Crippen molar-refractivity contribution < 1.29 is 9.59 Å². The van der Waals surface area contributed by atoms with Gasteiger partial charge in [0.1, 0.15) is 11.4 Å². The summed E-state index contributed by atoms with van der Waals surface area (Å²) >= 11 is 0. The van der Waals surface area contributed by atoms with Crippen LogP contribution in [-0.4, -0.2) is 36.1 Å². The van der Waals surface area contributed by atoms with Gasteiger partial charge in [-0.2, -0.15) is 5.10 Å². The Bertz CT molecular complexity index is 1460. The maximum Gasteiger partial charge on any atom is 0.216 e. The summed E-state index contributed by atoms with van der Waals surface area (Å²) in [5, 5.41) is 4.39. The van der Waals surface area contributed by atoms with Crippen molar-refractivity contribution in [1.29, 1.82) is 0 Å². The number of fused-ring (bicyclic) bond motifs is 1. The number of carbonyl (C=O) groups is 2. The largest absolute Gasteiger partial charge is 0.287 e. The van der Waals surface area contributed by atoms with Gasteiger partial charge in [0.25, 0.3) is 0 Å². The van der Waals surface area contributed by atoms with Gasteiger partial charge < -0.3 is 0 Å². The third-order valence-electron chi connectivity index (χ3n) is 5.11. The molecule has 7 nitrogen and oxygen atoms in total. The molecule has 0 aliphatic heterocycles. The minimum absolute atomic E-state index is 0.167. The molecule has 0 fully saturated rings. The third kappa shape index (κ3) is 3.45. The summed E-state index contributed by atoms with van der Waals surface area (Å²) < 4.78 is 1.59. The van der Waals surface area contributed by atoms with Crippen molar-refractivity contribution in [3.63, 3.8) is 0 Å². The number of benzene rings is 1. The van der Waals surface area contributed by atoms with E-state index in [4.69, 9.17) is 0 Å². The second-order valence-corrected chi connectivity index (χ2v) is 7.30. The molecule has 32 heavy (non-hydrogen) atoms. The Labute approximate surface area is 183 Å². The molecule has 0 radical (unpaired) electrons. The number of hydrogen-bond donors (Lipinski definition) is 0. The predicted octanol–water partition coefficient (Wildman–Crippen LogP) is 3.96. The molecule has 0 aliphatic rings. The van der Waals surface area contributed by atoms with Crippen molar-refractivity contribution in [2.45, 2.75) is 6.92 Å². The number of ketones is 2. The first-order valence-electron chi connectivity index (χ1n) is 9.98. The fraction of sp³-hybridized carbons (Fsp3) is 0.0400. The molecule has 0 N–H and O–H groups in total. The Morgan fingerprint density at radius 2 is 1.59 bits per heavy atom. The van der Waals surface area contributed by atoms with E-state index in [9.17, 15) is 9.59 Å². The van der Waals surface area contributed by atoms with E-state index >= 15 is 0 Å². The van der Waals surface area contributed by atoms with Crippen LogP contribution >= 0.6 is 0 Å². The molecule has 1 aromatic carbocycles. The minimum Gasteiger partial charge on any atom is -0.287 e. The summed E-state index contributed by atoms with van der Waals surface area (Å²) in [6.45, 7) is 1.91. The molecule has 4 aromatic heterocycles. The minimum atomic E-state index is -0.251. The van der Waals surface area contributed by atoms with Crippen LogP contribution in [0.3, 0.4) is 0 Å². The standard InChI is InChI=1S/C25H17N5O2/c1-16-7-8-20(28-14-16)24(32)19-15-29-30-22(10-12-27-25(19)30)18-9-11-26-21(13-18)23(31)17-5-3-2-4-6-17/h2-15H,1H3. The van der Waals surface area contributed by atoms with Crippen LogP contribution in [0.4, 0.5) is 0 Å². The van der Waals surface area contributed by atoms with Crippen LogP contribution in [0.15, 0.2) is 85.5 Å². The monoisotopic (exact) mass is 419 g/mol. The Morgan fingerprint density at radius 3 is 2.38 bits per heavy atom. The number of aromatic nitrogens is 5. The first kappa shape index (κ1) is 19.4. The van der Waals surface area contributed by atoms with Gasteiger partial charge in [0, 0.05) is 29.7 Å². The number of hydrogen-bond acceptors (Lipinski definition) is 6. The molecule has 0 aliphatic carbocycles. The highest BCUT2D eigenvalue weighted by atomic mass is 16.1. The average Bonchev–Trinajstić information content (AvgIpc) is 3.28. The number of rotatable bonds is 5. The number of carbonyl (C=O) groups excluding carboxylic acids is 2. The van der Waals surface area contributed by atoms with E-state index in [1.165, 1.54) is 6.20 Å². The van der Waals surface area contributed by atoms with Crippen molar-refractivity contribution in [1.82, 2.24) is 24.6 Å². The Morgan fingerprint density at radius 1 is 0.781 bits per heavy atom. The van der Waals surface area contributed by atoms with E-state index < -0.39 is 0 Å². The van der Waals surface area contributed by atoms with Gasteiger partial charge in [-0.05, 0) is 36.8 Å². The highest BCUT2D eigenvalue weighted by molar-refractivity contribution is 6.11. The van der Waals surface area contributed by atoms with Crippen molar-refractivity contribution in [2.24, 2.45) is 0 Å². The summed E-state index contributed by atoms with van der Waals surface area (Å²) in [5.41, 5.74) is 4.40. The molecule has 5 rings (SSSR count). The first-order chi connectivity index (χ1) is 15.6. The fourth-order valence-corrected chi connectivity index (χ4v) is 3.46. The maximum absolute atomic E-state index is 13.0. The zero-order valence-electron chi connectivity index (χ0n) is 17.1. The molecule has 0 saturated heterocycles. The molecule has 0 spiro atoms. The topological polar surface area (TPSA) is 90.1 Å². The van der Waals surface area contributed by atoms with Crippen molar-refractivity contribution in [3.8, 4) is 11.3 Å². The fourth-order valence-electron chi connectivity index (χ4n) is 3.46. The molecule has 0 bridgehead atoms. The van der Waals surface area contributed by atoms with E-state index in [2.05, 4.69) is 20.1 Å². The molecule has 5 aromatic rings. The molecule has 4 heterocycles. The summed E-state index contributed by atoms with van der Waals surface area (Å²) in [6.07, 6.45) is 6.35. The lowest BCUT2D eigenvalue weighted by molar-refractivity contribution is 0.102. The Hall–Kier alpha value is -4.52. The van der Waals surface area contributed by atoms with Gasteiger partial charge in [-0.15, -0.1) is 0 Å². The van der Waals surface area contributed by atoms with Gasteiger partial charge in [-0.1, -0.05) is 36.4 Å². The van der Waals surface area contributed by atoms with Crippen LogP contribution in [0.2, 0.25) is 0 Å². The van der Waals surface area contributed by atoms with E-state index in [0.29, 0.717) is 33.9 Å². The van der Waals surface area contributed by atoms with E-state index in [-0.39, 0.29) is 11.6 Å². The summed E-state index contributed by atoms with van der Waals surface area (Å²) in [4.78, 5) is 38.6. The molecular weight excluding hydrogens is 402 g/mol. The maximum atomic E-state index is 13.0. The van der Waals surface area contributed by atoms with Gasteiger partial charge in [-0.25, -0.2) is 9.50 Å². The smallest absolute Gasteiger partial charge is 0.216 e. The molecule has 0 atom stereocenters. The zero-order valence-corrected chi connectivity index (χ0v) is 17.1. The Kier molecular flexibility index (Phi) is 4.84. The van der Waals surface area contributed by atoms with E-state index in [0.717, 1.165) is 11.1 Å². The van der Waals surface area contributed by atoms with Gasteiger partial charge >= 0.3 is 0 Å². The van der Waals surface area contributed by atoms with Crippen LogP contribution in [0, 0.1) is 6.92 Å². The van der Waals surface area contributed by atoms with Crippen LogP contribution in [0.1, 0.15) is 37.7 Å². The van der Waals surface area contributed by atoms with Gasteiger partial charge in [-0.3, -0.25) is 19.6 Å². The molecule has 0 amide bonds. The normalized spacial score (nSPS) is 10.9. The molecule has 0 unspecified atom stereocenters. The third-order valence-corrected chi connectivity index (χ3v) is 5.11. The van der Waals surface area contributed by atoms with E-state index in [1.54, 1.807) is 59.5 Å². The second kappa shape index (κ2) is 7.96.